The maximum Gasteiger partial charge on any atom is 0.330 e. The van der Waals surface area contributed by atoms with Crippen molar-refractivity contribution in [3.8, 4) is 0 Å². The molecular weight excluding hydrogens is 665 g/mol. The molecule has 0 aromatic heterocycles. The Morgan fingerprint density at radius 1 is 0.660 bits per heavy atom. The molecule has 53 heavy (non-hydrogen) atoms. The normalized spacial score (nSPS) is 15.1. The molecule has 0 atom stereocenters. The SMILES string of the molecule is COC(=O)/C=C/c1cccc(N(Cc2cccc3ccccc23)C(=O)C2CCCCC2)c1.COC(=O)/C=C/c1cccc(NC(=O)C2CCCCC2)c1. The summed E-state index contributed by atoms with van der Waals surface area (Å²) in [5, 5.41) is 5.30. The van der Waals surface area contributed by atoms with E-state index >= 15 is 0 Å². The zero-order valence-electron chi connectivity index (χ0n) is 30.8. The van der Waals surface area contributed by atoms with E-state index in [1.54, 1.807) is 12.2 Å². The number of nitrogens with zero attached hydrogens (tertiary/aromatic N) is 1. The number of ether oxygens (including phenoxy) is 2. The molecule has 8 nitrogen and oxygen atoms in total. The molecule has 6 rings (SSSR count). The number of amides is 2. The van der Waals surface area contributed by atoms with E-state index in [4.69, 9.17) is 4.74 Å². The van der Waals surface area contributed by atoms with Gasteiger partial charge in [-0.05, 0) is 89.6 Å². The van der Waals surface area contributed by atoms with Crippen LogP contribution in [0.2, 0.25) is 0 Å². The van der Waals surface area contributed by atoms with E-state index in [1.807, 2.05) is 65.6 Å². The molecule has 0 bridgehead atoms. The molecule has 2 fully saturated rings. The fraction of sp³-hybridized carbons (Fsp3) is 0.333. The van der Waals surface area contributed by atoms with Crippen molar-refractivity contribution in [2.75, 3.05) is 24.4 Å². The second-order valence-corrected chi connectivity index (χ2v) is 13.7. The van der Waals surface area contributed by atoms with Gasteiger partial charge < -0.3 is 19.7 Å². The highest BCUT2D eigenvalue weighted by Gasteiger charge is 2.27. The summed E-state index contributed by atoms with van der Waals surface area (Å²) >= 11 is 0. The molecule has 0 aliphatic heterocycles. The zero-order chi connectivity index (χ0) is 37.4. The third-order valence-electron chi connectivity index (χ3n) is 9.97. The van der Waals surface area contributed by atoms with Gasteiger partial charge in [-0.1, -0.05) is 105 Å². The minimum absolute atomic E-state index is 0.0630. The van der Waals surface area contributed by atoms with Crippen molar-refractivity contribution in [1.82, 2.24) is 0 Å². The lowest BCUT2D eigenvalue weighted by Crippen LogP contribution is -2.36. The highest BCUT2D eigenvalue weighted by atomic mass is 16.5. The van der Waals surface area contributed by atoms with Gasteiger partial charge in [-0.15, -0.1) is 0 Å². The minimum Gasteiger partial charge on any atom is -0.466 e. The number of anilines is 2. The number of benzene rings is 4. The van der Waals surface area contributed by atoms with Gasteiger partial charge >= 0.3 is 11.9 Å². The van der Waals surface area contributed by atoms with E-state index in [1.165, 1.54) is 44.6 Å². The molecule has 2 aliphatic carbocycles. The molecule has 4 aromatic rings. The lowest BCUT2D eigenvalue weighted by molar-refractivity contribution is -0.135. The second-order valence-electron chi connectivity index (χ2n) is 13.7. The molecule has 0 radical (unpaired) electrons. The first-order valence-corrected chi connectivity index (χ1v) is 18.7. The van der Waals surface area contributed by atoms with Crippen molar-refractivity contribution >= 4 is 58.1 Å². The molecule has 0 heterocycles. The summed E-state index contributed by atoms with van der Waals surface area (Å²) in [6.45, 7) is 0.515. The summed E-state index contributed by atoms with van der Waals surface area (Å²) in [5.74, 6) is -0.315. The first-order chi connectivity index (χ1) is 25.8. The summed E-state index contributed by atoms with van der Waals surface area (Å²) in [6.07, 6.45) is 17.0. The maximum atomic E-state index is 13.7. The number of carbonyl (C=O) groups is 4. The van der Waals surface area contributed by atoms with E-state index in [2.05, 4.69) is 40.4 Å². The van der Waals surface area contributed by atoms with Crippen LogP contribution in [0.1, 0.15) is 80.9 Å². The lowest BCUT2D eigenvalue weighted by atomic mass is 9.88. The standard InChI is InChI=1S/C28H29NO3.C17H21NO3/c1-32-27(30)18-17-21-9-7-15-25(19-21)29(28(31)23-11-3-2-4-12-23)20-24-14-8-13-22-10-5-6-16-26(22)24;1-21-16(19)11-10-13-6-5-9-15(12-13)18-17(20)14-7-3-2-4-8-14/h5-10,13-19,23H,2-4,11-12,20H2,1H3;5-6,9-12,14H,2-4,7-8H2,1H3,(H,18,20)/b18-17+;11-10+. The molecule has 0 spiro atoms. The summed E-state index contributed by atoms with van der Waals surface area (Å²) in [6, 6.07) is 29.8. The number of esters is 2. The van der Waals surface area contributed by atoms with E-state index in [-0.39, 0.29) is 23.7 Å². The molecule has 276 valence electrons. The number of nitrogens with one attached hydrogen (secondary N) is 1. The summed E-state index contributed by atoms with van der Waals surface area (Å²) in [4.78, 5) is 50.4. The van der Waals surface area contributed by atoms with Gasteiger partial charge in [0.25, 0.3) is 0 Å². The molecule has 2 aliphatic rings. The van der Waals surface area contributed by atoms with Crippen LogP contribution in [0, 0.1) is 11.8 Å². The Kier molecular flexibility index (Phi) is 14.6. The molecule has 0 unspecified atom stereocenters. The Bertz CT molecular complexity index is 1910. The predicted octanol–water partition coefficient (Wildman–Crippen LogP) is 9.53. The lowest BCUT2D eigenvalue weighted by Gasteiger charge is -2.30. The molecular formula is C45H50N2O6. The highest BCUT2D eigenvalue weighted by Crippen LogP contribution is 2.31. The van der Waals surface area contributed by atoms with Crippen LogP contribution in [0.4, 0.5) is 11.4 Å². The molecule has 1 N–H and O–H groups in total. The summed E-state index contributed by atoms with van der Waals surface area (Å²) in [5.41, 5.74) is 4.44. The zero-order valence-corrected chi connectivity index (χ0v) is 30.8. The van der Waals surface area contributed by atoms with Crippen LogP contribution >= 0.6 is 0 Å². The Morgan fingerprint density at radius 3 is 1.89 bits per heavy atom. The van der Waals surface area contributed by atoms with E-state index in [9.17, 15) is 19.2 Å². The van der Waals surface area contributed by atoms with Gasteiger partial charge in [-0.25, -0.2) is 9.59 Å². The van der Waals surface area contributed by atoms with Gasteiger partial charge in [0, 0.05) is 35.4 Å². The van der Waals surface area contributed by atoms with Crippen LogP contribution in [0.25, 0.3) is 22.9 Å². The molecule has 4 aromatic carbocycles. The minimum atomic E-state index is -0.402. The van der Waals surface area contributed by atoms with Crippen molar-refractivity contribution in [3.63, 3.8) is 0 Å². The Morgan fingerprint density at radius 2 is 1.23 bits per heavy atom. The van der Waals surface area contributed by atoms with Crippen LogP contribution in [-0.2, 0) is 35.2 Å². The molecule has 8 heteroatoms. The number of hydrogen-bond donors (Lipinski definition) is 1. The van der Waals surface area contributed by atoms with Gasteiger partial charge in [0.05, 0.1) is 20.8 Å². The Labute approximate surface area is 312 Å². The van der Waals surface area contributed by atoms with Gasteiger partial charge in [0.15, 0.2) is 0 Å². The number of rotatable bonds is 10. The monoisotopic (exact) mass is 714 g/mol. The van der Waals surface area contributed by atoms with Gasteiger partial charge in [0.2, 0.25) is 11.8 Å². The first-order valence-electron chi connectivity index (χ1n) is 18.7. The second kappa shape index (κ2) is 19.9. The fourth-order valence-electron chi connectivity index (χ4n) is 7.06. The van der Waals surface area contributed by atoms with E-state index < -0.39 is 11.9 Å². The first kappa shape index (κ1) is 38.7. The van der Waals surface area contributed by atoms with Crippen LogP contribution in [0.3, 0.4) is 0 Å². The highest BCUT2D eigenvalue weighted by molar-refractivity contribution is 5.97. The summed E-state index contributed by atoms with van der Waals surface area (Å²) in [7, 11) is 2.70. The topological polar surface area (TPSA) is 102 Å². The number of fused-ring (bicyclic) bond motifs is 1. The molecule has 2 saturated carbocycles. The average Bonchev–Trinajstić information content (AvgIpc) is 3.22. The van der Waals surface area contributed by atoms with Crippen molar-refractivity contribution in [2.24, 2.45) is 11.8 Å². The van der Waals surface area contributed by atoms with Gasteiger partial charge in [-0.2, -0.15) is 0 Å². The predicted molar refractivity (Wildman–Crippen MR) is 212 cm³/mol. The van der Waals surface area contributed by atoms with Crippen molar-refractivity contribution in [1.29, 1.82) is 0 Å². The average molecular weight is 715 g/mol. The summed E-state index contributed by atoms with van der Waals surface area (Å²) < 4.78 is 9.25. The van der Waals surface area contributed by atoms with E-state index in [0.29, 0.717) is 6.54 Å². The van der Waals surface area contributed by atoms with Gasteiger partial charge in [0.1, 0.15) is 0 Å². The largest absolute Gasteiger partial charge is 0.466 e. The molecule has 0 saturated heterocycles. The number of carbonyl (C=O) groups excluding carboxylic acids is 4. The number of hydrogen-bond acceptors (Lipinski definition) is 6. The third-order valence-corrected chi connectivity index (χ3v) is 9.97. The maximum absolute atomic E-state index is 13.7. The van der Waals surface area contributed by atoms with Crippen molar-refractivity contribution < 1.29 is 28.7 Å². The van der Waals surface area contributed by atoms with Crippen LogP contribution in [0.5, 0.6) is 0 Å². The van der Waals surface area contributed by atoms with Crippen LogP contribution < -0.4 is 10.2 Å². The van der Waals surface area contributed by atoms with E-state index in [0.717, 1.165) is 84.8 Å². The number of methoxy groups -OCH3 is 2. The smallest absolute Gasteiger partial charge is 0.330 e. The van der Waals surface area contributed by atoms with Crippen LogP contribution in [-0.4, -0.2) is 38.0 Å². The third kappa shape index (κ3) is 11.5. The fourth-order valence-corrected chi connectivity index (χ4v) is 7.06. The van der Waals surface area contributed by atoms with Gasteiger partial charge in [-0.3, -0.25) is 9.59 Å². The van der Waals surface area contributed by atoms with Crippen LogP contribution in [0.15, 0.2) is 103 Å². The quantitative estimate of drug-likeness (QED) is 0.130. The van der Waals surface area contributed by atoms with Crippen molar-refractivity contribution in [2.45, 2.75) is 70.8 Å². The Balaban J connectivity index is 0.000000224. The molecule has 2 amide bonds. The van der Waals surface area contributed by atoms with Crippen molar-refractivity contribution in [3.05, 3.63) is 120 Å². The Hall–Kier alpha value is -5.50.